The minimum absolute atomic E-state index is 0.0243. The number of nitrogens with one attached hydrogen (secondary N) is 1. The summed E-state index contributed by atoms with van der Waals surface area (Å²) in [5.41, 5.74) is 2.69. The van der Waals surface area contributed by atoms with Gasteiger partial charge in [0.05, 0.1) is 35.9 Å². The van der Waals surface area contributed by atoms with Gasteiger partial charge in [-0.25, -0.2) is 4.68 Å². The molecule has 1 N–H and O–H groups in total. The van der Waals surface area contributed by atoms with Crippen molar-refractivity contribution in [2.75, 3.05) is 19.9 Å². The zero-order valence-electron chi connectivity index (χ0n) is 13.5. The molecule has 1 saturated heterocycles. The van der Waals surface area contributed by atoms with Gasteiger partial charge >= 0.3 is 0 Å². The Labute approximate surface area is 140 Å². The summed E-state index contributed by atoms with van der Waals surface area (Å²) in [4.78, 5) is 12.6. The van der Waals surface area contributed by atoms with Crippen LogP contribution in [0.25, 0.3) is 5.69 Å². The second-order valence-corrected chi connectivity index (χ2v) is 6.28. The van der Waals surface area contributed by atoms with Crippen LogP contribution in [0, 0.1) is 0 Å². The van der Waals surface area contributed by atoms with Crippen LogP contribution < -0.4 is 5.32 Å². The van der Waals surface area contributed by atoms with E-state index in [1.54, 1.807) is 6.20 Å². The molecule has 2 fully saturated rings. The normalized spacial score (nSPS) is 20.8. The Balaban J connectivity index is 1.52. The first kappa shape index (κ1) is 15.4. The van der Waals surface area contributed by atoms with E-state index < -0.39 is 0 Å². The highest BCUT2D eigenvalue weighted by Crippen LogP contribution is 2.42. The molecule has 0 spiro atoms. The van der Waals surface area contributed by atoms with E-state index in [1.807, 2.05) is 35.0 Å². The average molecular weight is 327 g/mol. The minimum atomic E-state index is -0.0748. The summed E-state index contributed by atoms with van der Waals surface area (Å²) in [6, 6.07) is 9.96. The largest absolute Gasteiger partial charge is 0.355 e. The molecule has 1 aromatic heterocycles. The lowest BCUT2D eigenvalue weighted by Crippen LogP contribution is -2.37. The van der Waals surface area contributed by atoms with Gasteiger partial charge in [0, 0.05) is 12.5 Å². The first-order chi connectivity index (χ1) is 11.8. The maximum absolute atomic E-state index is 12.6. The molecule has 126 valence electrons. The zero-order chi connectivity index (χ0) is 16.4. The lowest BCUT2D eigenvalue weighted by molar-refractivity contribution is -0.136. The molecule has 1 amide bonds. The van der Waals surface area contributed by atoms with Crippen LogP contribution in [0.2, 0.25) is 0 Å². The third-order valence-corrected chi connectivity index (χ3v) is 4.48. The van der Waals surface area contributed by atoms with Crippen LogP contribution in [0.15, 0.2) is 36.5 Å². The molecule has 1 aromatic carbocycles. The summed E-state index contributed by atoms with van der Waals surface area (Å²) in [6.07, 6.45) is 4.74. The predicted octanol–water partition coefficient (Wildman–Crippen LogP) is 2.24. The molecule has 0 bridgehead atoms. The lowest BCUT2D eigenvalue weighted by Gasteiger charge is -2.22. The summed E-state index contributed by atoms with van der Waals surface area (Å²) < 4.78 is 12.5. The van der Waals surface area contributed by atoms with Gasteiger partial charge in [-0.2, -0.15) is 5.10 Å². The molecule has 0 radical (unpaired) electrons. The second kappa shape index (κ2) is 6.75. The third kappa shape index (κ3) is 3.20. The van der Waals surface area contributed by atoms with Gasteiger partial charge in [-0.15, -0.1) is 0 Å². The van der Waals surface area contributed by atoms with Gasteiger partial charge in [0.15, 0.2) is 0 Å². The van der Waals surface area contributed by atoms with Crippen LogP contribution in [0.5, 0.6) is 0 Å². The number of hydrogen-bond acceptors (Lipinski definition) is 4. The van der Waals surface area contributed by atoms with Crippen molar-refractivity contribution in [3.05, 3.63) is 47.8 Å². The van der Waals surface area contributed by atoms with E-state index in [1.165, 1.54) is 0 Å². The van der Waals surface area contributed by atoms with E-state index in [9.17, 15) is 4.79 Å². The summed E-state index contributed by atoms with van der Waals surface area (Å²) in [5.74, 6) is 0.349. The van der Waals surface area contributed by atoms with Crippen LogP contribution in [-0.2, 0) is 9.47 Å². The van der Waals surface area contributed by atoms with Gasteiger partial charge in [-0.05, 0) is 31.4 Å². The first-order valence-corrected chi connectivity index (χ1v) is 8.44. The zero-order valence-corrected chi connectivity index (χ0v) is 13.5. The number of hydrogen-bond donors (Lipinski definition) is 1. The van der Waals surface area contributed by atoms with Crippen molar-refractivity contribution >= 4 is 5.91 Å². The van der Waals surface area contributed by atoms with Crippen molar-refractivity contribution in [2.24, 2.45) is 0 Å². The van der Waals surface area contributed by atoms with Crippen LogP contribution in [0.3, 0.4) is 0 Å². The summed E-state index contributed by atoms with van der Waals surface area (Å²) in [7, 11) is 0. The first-order valence-electron chi connectivity index (χ1n) is 8.44. The Bertz CT molecular complexity index is 704. The van der Waals surface area contributed by atoms with E-state index in [0.717, 1.165) is 30.6 Å². The highest BCUT2D eigenvalue weighted by atomic mass is 16.7. The van der Waals surface area contributed by atoms with E-state index >= 15 is 0 Å². The molecule has 24 heavy (non-hydrogen) atoms. The van der Waals surface area contributed by atoms with Gasteiger partial charge in [-0.3, -0.25) is 4.79 Å². The molecule has 1 atom stereocenters. The Kier molecular flexibility index (Phi) is 4.32. The maximum atomic E-state index is 12.6. The fraction of sp³-hybridized carbons (Fsp3) is 0.444. The molecular formula is C18H21N3O3. The van der Waals surface area contributed by atoms with Crippen LogP contribution >= 0.6 is 0 Å². The average Bonchev–Trinajstić information content (AvgIpc) is 3.39. The molecule has 4 rings (SSSR count). The molecule has 2 aliphatic rings. The number of aromatic nitrogens is 2. The highest BCUT2D eigenvalue weighted by Gasteiger charge is 2.33. The molecule has 1 aliphatic heterocycles. The van der Waals surface area contributed by atoms with Gasteiger partial charge in [0.25, 0.3) is 5.91 Å². The minimum Gasteiger partial charge on any atom is -0.355 e. The van der Waals surface area contributed by atoms with Gasteiger partial charge in [-0.1, -0.05) is 18.2 Å². The van der Waals surface area contributed by atoms with E-state index in [-0.39, 0.29) is 12.0 Å². The van der Waals surface area contributed by atoms with Gasteiger partial charge < -0.3 is 14.8 Å². The van der Waals surface area contributed by atoms with E-state index in [2.05, 4.69) is 10.4 Å². The van der Waals surface area contributed by atoms with Gasteiger partial charge in [0.1, 0.15) is 6.79 Å². The monoisotopic (exact) mass is 327 g/mol. The molecule has 2 heterocycles. The molecule has 6 heteroatoms. The molecule has 1 aliphatic carbocycles. The van der Waals surface area contributed by atoms with E-state index in [0.29, 0.717) is 31.4 Å². The summed E-state index contributed by atoms with van der Waals surface area (Å²) in [5, 5.41) is 7.45. The van der Waals surface area contributed by atoms with Crippen molar-refractivity contribution in [1.29, 1.82) is 0 Å². The van der Waals surface area contributed by atoms with Crippen LogP contribution in [0.1, 0.15) is 41.2 Å². The summed E-state index contributed by atoms with van der Waals surface area (Å²) in [6.45, 7) is 1.49. The second-order valence-electron chi connectivity index (χ2n) is 6.28. The fourth-order valence-corrected chi connectivity index (χ4v) is 3.02. The Morgan fingerprint density at radius 1 is 1.25 bits per heavy atom. The molecule has 1 unspecified atom stereocenters. The number of nitrogens with zero attached hydrogens (tertiary/aromatic N) is 2. The molecule has 6 nitrogen and oxygen atoms in total. The van der Waals surface area contributed by atoms with Crippen molar-refractivity contribution in [2.45, 2.75) is 31.3 Å². The van der Waals surface area contributed by atoms with Crippen molar-refractivity contribution in [1.82, 2.24) is 15.1 Å². The smallest absolute Gasteiger partial charge is 0.254 e. The molecule has 1 saturated carbocycles. The molecule has 2 aromatic rings. The third-order valence-electron chi connectivity index (χ3n) is 4.48. The number of benzene rings is 1. The topological polar surface area (TPSA) is 65.4 Å². The number of amides is 1. The van der Waals surface area contributed by atoms with Crippen LogP contribution in [-0.4, -0.2) is 41.7 Å². The predicted molar refractivity (Wildman–Crippen MR) is 88.2 cm³/mol. The highest BCUT2D eigenvalue weighted by molar-refractivity contribution is 5.95. The van der Waals surface area contributed by atoms with E-state index in [4.69, 9.17) is 9.47 Å². The standard InChI is InChI=1S/C18H21N3O3/c22-18(19-10-15-8-9-23-12-24-15)16-11-20-21(17(16)13-6-7-13)14-4-2-1-3-5-14/h1-5,11,13,15H,6-10,12H2,(H,19,22). The number of carbonyl (C=O) groups excluding carboxylic acids is 1. The van der Waals surface area contributed by atoms with Crippen molar-refractivity contribution < 1.29 is 14.3 Å². The van der Waals surface area contributed by atoms with Crippen LogP contribution in [0.4, 0.5) is 0 Å². The number of para-hydroxylation sites is 1. The maximum Gasteiger partial charge on any atom is 0.254 e. The Morgan fingerprint density at radius 2 is 2.08 bits per heavy atom. The number of carbonyl (C=O) groups is 1. The Hall–Kier alpha value is -2.18. The quantitative estimate of drug-likeness (QED) is 0.915. The summed E-state index contributed by atoms with van der Waals surface area (Å²) >= 11 is 0. The van der Waals surface area contributed by atoms with Crippen molar-refractivity contribution in [3.8, 4) is 5.69 Å². The number of rotatable bonds is 5. The van der Waals surface area contributed by atoms with Gasteiger partial charge in [0.2, 0.25) is 0 Å². The lowest BCUT2D eigenvalue weighted by atomic mass is 10.1. The fourth-order valence-electron chi connectivity index (χ4n) is 3.02. The molecular weight excluding hydrogens is 306 g/mol. The SMILES string of the molecule is O=C(NCC1CCOCO1)c1cnn(-c2ccccc2)c1C1CC1. The van der Waals surface area contributed by atoms with Crippen molar-refractivity contribution in [3.63, 3.8) is 0 Å². The number of ether oxygens (including phenoxy) is 2. The Morgan fingerprint density at radius 3 is 2.79 bits per heavy atom.